The zero-order valence-corrected chi connectivity index (χ0v) is 6.58. The SMILES string of the molecule is Nc1cn(C[C@@H]2CO2)c(Cl)n1. The molecule has 1 saturated heterocycles. The normalized spacial score (nSPS) is 22.1. The summed E-state index contributed by atoms with van der Waals surface area (Å²) in [4.78, 5) is 3.84. The van der Waals surface area contributed by atoms with E-state index in [4.69, 9.17) is 22.1 Å². The number of nitrogens with two attached hydrogens (primary N) is 1. The molecule has 5 heteroatoms. The van der Waals surface area contributed by atoms with Gasteiger partial charge >= 0.3 is 0 Å². The fraction of sp³-hybridized carbons (Fsp3) is 0.500. The maximum absolute atomic E-state index is 5.73. The molecule has 1 aromatic heterocycles. The van der Waals surface area contributed by atoms with Gasteiger partial charge in [-0.3, -0.25) is 0 Å². The van der Waals surface area contributed by atoms with Crippen molar-refractivity contribution < 1.29 is 4.74 Å². The highest BCUT2D eigenvalue weighted by atomic mass is 35.5. The fourth-order valence-corrected chi connectivity index (χ4v) is 1.15. The smallest absolute Gasteiger partial charge is 0.204 e. The van der Waals surface area contributed by atoms with Gasteiger partial charge in [0.1, 0.15) is 5.82 Å². The molecule has 2 rings (SSSR count). The second-order valence-electron chi connectivity index (χ2n) is 2.54. The van der Waals surface area contributed by atoms with Crippen molar-refractivity contribution >= 4 is 17.4 Å². The predicted molar refractivity (Wildman–Crippen MR) is 41.4 cm³/mol. The molecule has 0 unspecified atom stereocenters. The van der Waals surface area contributed by atoms with Crippen molar-refractivity contribution in [3.63, 3.8) is 0 Å². The predicted octanol–water partition coefficient (Wildman–Crippen LogP) is 0.517. The van der Waals surface area contributed by atoms with Crippen molar-refractivity contribution in [3.8, 4) is 0 Å². The Kier molecular flexibility index (Phi) is 1.51. The highest BCUT2D eigenvalue weighted by molar-refractivity contribution is 6.28. The first-order chi connectivity index (χ1) is 5.25. The molecule has 4 nitrogen and oxygen atoms in total. The minimum atomic E-state index is 0.307. The van der Waals surface area contributed by atoms with Crippen LogP contribution in [-0.2, 0) is 11.3 Å². The summed E-state index contributed by atoms with van der Waals surface area (Å²) in [7, 11) is 0. The van der Waals surface area contributed by atoms with Crippen LogP contribution < -0.4 is 5.73 Å². The number of hydrogen-bond acceptors (Lipinski definition) is 3. The first-order valence-corrected chi connectivity index (χ1v) is 3.73. The molecule has 1 aliphatic heterocycles. The Morgan fingerprint density at radius 3 is 3.09 bits per heavy atom. The Balaban J connectivity index is 2.14. The van der Waals surface area contributed by atoms with Crippen LogP contribution in [-0.4, -0.2) is 22.3 Å². The third-order valence-electron chi connectivity index (χ3n) is 1.55. The Hall–Kier alpha value is -0.740. The lowest BCUT2D eigenvalue weighted by molar-refractivity contribution is 0.383. The van der Waals surface area contributed by atoms with Crippen LogP contribution in [0.5, 0.6) is 0 Å². The lowest BCUT2D eigenvalue weighted by Gasteiger charge is -1.97. The molecule has 0 aromatic carbocycles. The van der Waals surface area contributed by atoms with Gasteiger partial charge in [0.15, 0.2) is 0 Å². The molecule has 0 spiro atoms. The van der Waals surface area contributed by atoms with E-state index in [0.29, 0.717) is 17.2 Å². The number of ether oxygens (including phenoxy) is 1. The van der Waals surface area contributed by atoms with E-state index >= 15 is 0 Å². The minimum absolute atomic E-state index is 0.307. The van der Waals surface area contributed by atoms with Crippen molar-refractivity contribution in [1.82, 2.24) is 9.55 Å². The van der Waals surface area contributed by atoms with Gasteiger partial charge < -0.3 is 15.0 Å². The van der Waals surface area contributed by atoms with Gasteiger partial charge in [0.05, 0.1) is 19.3 Å². The Labute approximate surface area is 68.9 Å². The summed E-state index contributed by atoms with van der Waals surface area (Å²) in [6.07, 6.45) is 2.02. The topological polar surface area (TPSA) is 56.4 Å². The quantitative estimate of drug-likeness (QED) is 0.664. The van der Waals surface area contributed by atoms with Crippen molar-refractivity contribution in [2.45, 2.75) is 12.6 Å². The van der Waals surface area contributed by atoms with Crippen LogP contribution in [0.2, 0.25) is 5.28 Å². The van der Waals surface area contributed by atoms with Gasteiger partial charge in [-0.05, 0) is 11.6 Å². The molecule has 1 fully saturated rings. The highest BCUT2D eigenvalue weighted by Crippen LogP contribution is 2.17. The second-order valence-corrected chi connectivity index (χ2v) is 2.88. The zero-order valence-electron chi connectivity index (χ0n) is 5.83. The van der Waals surface area contributed by atoms with E-state index in [2.05, 4.69) is 4.98 Å². The molecule has 0 bridgehead atoms. The number of anilines is 1. The van der Waals surface area contributed by atoms with E-state index < -0.39 is 0 Å². The molecule has 1 atom stereocenters. The van der Waals surface area contributed by atoms with Crippen molar-refractivity contribution in [1.29, 1.82) is 0 Å². The first-order valence-electron chi connectivity index (χ1n) is 3.35. The first kappa shape index (κ1) is 6.94. The van der Waals surface area contributed by atoms with Gasteiger partial charge in [-0.2, -0.15) is 0 Å². The van der Waals surface area contributed by atoms with Crippen LogP contribution in [0.25, 0.3) is 0 Å². The second kappa shape index (κ2) is 2.39. The molecule has 0 radical (unpaired) electrons. The minimum Gasteiger partial charge on any atom is -0.382 e. The molecule has 0 saturated carbocycles. The Bertz CT molecular complexity index is 269. The largest absolute Gasteiger partial charge is 0.382 e. The van der Waals surface area contributed by atoms with Crippen molar-refractivity contribution in [2.75, 3.05) is 12.3 Å². The number of rotatable bonds is 2. The molecule has 11 heavy (non-hydrogen) atoms. The van der Waals surface area contributed by atoms with E-state index in [1.54, 1.807) is 10.8 Å². The van der Waals surface area contributed by atoms with Crippen LogP contribution in [0, 0.1) is 0 Å². The average molecular weight is 174 g/mol. The molecule has 0 aliphatic carbocycles. The average Bonchev–Trinajstić information content (AvgIpc) is 2.64. The van der Waals surface area contributed by atoms with E-state index in [9.17, 15) is 0 Å². The maximum Gasteiger partial charge on any atom is 0.204 e. The number of epoxide rings is 1. The fourth-order valence-electron chi connectivity index (χ4n) is 0.933. The summed E-state index contributed by atoms with van der Waals surface area (Å²) < 4.78 is 6.81. The zero-order chi connectivity index (χ0) is 7.84. The highest BCUT2D eigenvalue weighted by Gasteiger charge is 2.23. The van der Waals surface area contributed by atoms with Crippen molar-refractivity contribution in [2.24, 2.45) is 0 Å². The number of nitrogens with zero attached hydrogens (tertiary/aromatic N) is 2. The van der Waals surface area contributed by atoms with Crippen LogP contribution in [0.1, 0.15) is 0 Å². The number of nitrogen functional groups attached to an aromatic ring is 1. The summed E-state index contributed by atoms with van der Waals surface area (Å²) >= 11 is 5.73. The third kappa shape index (κ3) is 1.46. The van der Waals surface area contributed by atoms with E-state index in [1.807, 2.05) is 0 Å². The molecule has 0 amide bonds. The van der Waals surface area contributed by atoms with E-state index in [1.165, 1.54) is 0 Å². The lowest BCUT2D eigenvalue weighted by atomic mass is 10.5. The number of halogens is 1. The van der Waals surface area contributed by atoms with E-state index in [0.717, 1.165) is 13.2 Å². The lowest BCUT2D eigenvalue weighted by Crippen LogP contribution is -2.02. The Morgan fingerprint density at radius 1 is 1.91 bits per heavy atom. The van der Waals surface area contributed by atoms with E-state index in [-0.39, 0.29) is 0 Å². The van der Waals surface area contributed by atoms with Gasteiger partial charge in [0.25, 0.3) is 0 Å². The number of hydrogen-bond donors (Lipinski definition) is 1. The molecular weight excluding hydrogens is 166 g/mol. The number of aromatic nitrogens is 2. The maximum atomic E-state index is 5.73. The monoisotopic (exact) mass is 173 g/mol. The molecule has 2 N–H and O–H groups in total. The molecule has 2 heterocycles. The summed E-state index contributed by atoms with van der Waals surface area (Å²) in [5, 5.41) is 0.429. The standard InChI is InChI=1S/C6H8ClN3O/c7-6-9-5(8)2-10(6)1-4-3-11-4/h2,4H,1,3,8H2/t4-/m1/s1. The summed E-state index contributed by atoms with van der Waals surface area (Å²) in [5.74, 6) is 0.454. The van der Waals surface area contributed by atoms with Crippen LogP contribution in [0.15, 0.2) is 6.20 Å². The third-order valence-corrected chi connectivity index (χ3v) is 1.85. The summed E-state index contributed by atoms with van der Waals surface area (Å²) in [6, 6.07) is 0. The van der Waals surface area contributed by atoms with Gasteiger partial charge in [-0.15, -0.1) is 0 Å². The van der Waals surface area contributed by atoms with Crippen LogP contribution >= 0.6 is 11.6 Å². The van der Waals surface area contributed by atoms with Crippen molar-refractivity contribution in [3.05, 3.63) is 11.5 Å². The van der Waals surface area contributed by atoms with Crippen LogP contribution in [0.4, 0.5) is 5.82 Å². The molecule has 60 valence electrons. The summed E-state index contributed by atoms with van der Waals surface area (Å²) in [5.41, 5.74) is 5.42. The van der Waals surface area contributed by atoms with Gasteiger partial charge in [-0.1, -0.05) is 0 Å². The molecule has 1 aliphatic rings. The Morgan fingerprint density at radius 2 is 2.64 bits per heavy atom. The van der Waals surface area contributed by atoms with Gasteiger partial charge in [0.2, 0.25) is 5.28 Å². The summed E-state index contributed by atoms with van der Waals surface area (Å²) in [6.45, 7) is 1.57. The number of imidazole rings is 1. The van der Waals surface area contributed by atoms with Crippen LogP contribution in [0.3, 0.4) is 0 Å². The molecular formula is C6H8ClN3O. The van der Waals surface area contributed by atoms with Gasteiger partial charge in [0, 0.05) is 6.20 Å². The molecule has 1 aromatic rings. The van der Waals surface area contributed by atoms with Gasteiger partial charge in [-0.25, -0.2) is 4.98 Å².